The smallest absolute Gasteiger partial charge is 0.265 e. The van der Waals surface area contributed by atoms with Crippen LogP contribution in [-0.4, -0.2) is 22.2 Å². The maximum atomic E-state index is 11.8. The molecule has 1 amide bonds. The molecule has 23 heavy (non-hydrogen) atoms. The average Bonchev–Trinajstić information content (AvgIpc) is 2.97. The van der Waals surface area contributed by atoms with Gasteiger partial charge in [-0.2, -0.15) is 0 Å². The van der Waals surface area contributed by atoms with Gasteiger partial charge in [0.15, 0.2) is 6.10 Å². The summed E-state index contributed by atoms with van der Waals surface area (Å²) in [5.74, 6) is 0.653. The third-order valence-corrected chi connectivity index (χ3v) is 4.66. The van der Waals surface area contributed by atoms with Crippen LogP contribution in [-0.2, 0) is 11.3 Å². The van der Waals surface area contributed by atoms with Gasteiger partial charge < -0.3 is 15.4 Å². The number of hydrogen-bond donors (Lipinski definition) is 2. The van der Waals surface area contributed by atoms with Crippen LogP contribution in [0.5, 0.6) is 5.75 Å². The predicted octanol–water partition coefficient (Wildman–Crippen LogP) is 2.81. The molecule has 2 heterocycles. The lowest BCUT2D eigenvalue weighted by molar-refractivity contribution is -0.123. The summed E-state index contributed by atoms with van der Waals surface area (Å²) in [5.41, 5.74) is 1.84. The molecule has 3 rings (SSSR count). The number of anilines is 1. The van der Waals surface area contributed by atoms with Crippen molar-refractivity contribution in [3.8, 4) is 5.75 Å². The van der Waals surface area contributed by atoms with Gasteiger partial charge in [-0.3, -0.25) is 4.79 Å². The molecule has 2 atom stereocenters. The normalized spacial score (nSPS) is 18.0. The molecule has 0 spiro atoms. The van der Waals surface area contributed by atoms with E-state index in [-0.39, 0.29) is 11.9 Å². The van der Waals surface area contributed by atoms with E-state index in [0.717, 1.165) is 27.0 Å². The molecule has 7 heteroatoms. The number of nitrogens with zero attached hydrogens (tertiary/aromatic N) is 2. The van der Waals surface area contributed by atoms with Crippen LogP contribution in [0.25, 0.3) is 0 Å². The van der Waals surface area contributed by atoms with E-state index in [1.807, 2.05) is 32.0 Å². The largest absolute Gasteiger partial charge is 0.478 e. The van der Waals surface area contributed by atoms with Gasteiger partial charge in [0.2, 0.25) is 0 Å². The van der Waals surface area contributed by atoms with Gasteiger partial charge in [-0.05, 0) is 38.0 Å². The second kappa shape index (κ2) is 6.64. The quantitative estimate of drug-likeness (QED) is 0.880. The first-order valence-electron chi connectivity index (χ1n) is 7.70. The molecule has 0 unspecified atom stereocenters. The fourth-order valence-electron chi connectivity index (χ4n) is 2.46. The summed E-state index contributed by atoms with van der Waals surface area (Å²) in [4.78, 5) is 11.8. The third kappa shape index (κ3) is 3.51. The van der Waals surface area contributed by atoms with Gasteiger partial charge in [-0.25, -0.2) is 0 Å². The van der Waals surface area contributed by atoms with E-state index in [1.165, 1.54) is 0 Å². The Labute approximate surface area is 139 Å². The minimum Gasteiger partial charge on any atom is -0.478 e. The first-order valence-corrected chi connectivity index (χ1v) is 8.52. The first kappa shape index (κ1) is 15.9. The zero-order chi connectivity index (χ0) is 16.4. The number of carbonyl (C=O) groups excluding carboxylic acids is 1. The van der Waals surface area contributed by atoms with Gasteiger partial charge in [-0.1, -0.05) is 13.0 Å². The molecule has 1 aliphatic heterocycles. The molecular formula is C16H20N4O2S. The molecule has 0 radical (unpaired) electrons. The minimum atomic E-state index is -0.412. The van der Waals surface area contributed by atoms with Crippen molar-refractivity contribution in [1.82, 2.24) is 15.5 Å². The monoisotopic (exact) mass is 332 g/mol. The predicted molar refractivity (Wildman–Crippen MR) is 89.7 cm³/mol. The lowest BCUT2D eigenvalue weighted by Gasteiger charge is -2.26. The van der Waals surface area contributed by atoms with E-state index in [1.54, 1.807) is 11.3 Å². The number of ether oxygens (including phenoxy) is 1. The molecular weight excluding hydrogens is 312 g/mol. The standard InChI is InChI=1S/C16H20N4O2S/c1-4-13-16(21)18-12-6-5-11(7-14(12)22-13)9(2)17-8-15-20-19-10(3)23-15/h5-7,9,13,17H,4,8H2,1-3H3,(H,18,21)/t9-,13-/m1/s1. The number of nitrogens with one attached hydrogen (secondary N) is 2. The number of aromatic nitrogens is 2. The van der Waals surface area contributed by atoms with Crippen LogP contribution in [0.4, 0.5) is 5.69 Å². The number of rotatable bonds is 5. The third-order valence-electron chi connectivity index (χ3n) is 3.82. The van der Waals surface area contributed by atoms with Crippen molar-refractivity contribution in [2.75, 3.05) is 5.32 Å². The zero-order valence-electron chi connectivity index (χ0n) is 13.4. The van der Waals surface area contributed by atoms with Crippen LogP contribution in [0.2, 0.25) is 0 Å². The molecule has 0 saturated carbocycles. The second-order valence-electron chi connectivity index (χ2n) is 5.58. The minimum absolute atomic E-state index is 0.0782. The highest BCUT2D eigenvalue weighted by atomic mass is 32.1. The fraction of sp³-hybridized carbons (Fsp3) is 0.438. The maximum Gasteiger partial charge on any atom is 0.265 e. The van der Waals surface area contributed by atoms with Gasteiger partial charge >= 0.3 is 0 Å². The van der Waals surface area contributed by atoms with E-state index in [0.29, 0.717) is 13.0 Å². The summed E-state index contributed by atoms with van der Waals surface area (Å²) in [6.45, 7) is 6.66. The molecule has 0 bridgehead atoms. The lowest BCUT2D eigenvalue weighted by Crippen LogP contribution is -2.36. The Kier molecular flexibility index (Phi) is 4.58. The van der Waals surface area contributed by atoms with Gasteiger partial charge in [0, 0.05) is 6.04 Å². The van der Waals surface area contributed by atoms with Gasteiger partial charge in [0.25, 0.3) is 5.91 Å². The number of aryl methyl sites for hydroxylation is 1. The SMILES string of the molecule is CC[C@H]1Oc2cc([C@@H](C)NCc3nnc(C)s3)ccc2NC1=O. The number of benzene rings is 1. The molecule has 1 aromatic carbocycles. The highest BCUT2D eigenvalue weighted by molar-refractivity contribution is 7.11. The molecule has 0 fully saturated rings. The summed E-state index contributed by atoms with van der Waals surface area (Å²) in [6.07, 6.45) is 0.241. The Morgan fingerprint density at radius 3 is 2.96 bits per heavy atom. The Hall–Kier alpha value is -1.99. The summed E-state index contributed by atoms with van der Waals surface area (Å²) in [5, 5.41) is 16.4. The van der Waals surface area contributed by atoms with Crippen LogP contribution in [0.3, 0.4) is 0 Å². The molecule has 6 nitrogen and oxygen atoms in total. The summed E-state index contributed by atoms with van der Waals surface area (Å²) in [7, 11) is 0. The Balaban J connectivity index is 1.69. The van der Waals surface area contributed by atoms with E-state index < -0.39 is 6.10 Å². The Morgan fingerprint density at radius 2 is 2.26 bits per heavy atom. The van der Waals surface area contributed by atoms with Crippen molar-refractivity contribution in [2.24, 2.45) is 0 Å². The van der Waals surface area contributed by atoms with E-state index in [2.05, 4.69) is 27.8 Å². The van der Waals surface area contributed by atoms with Crippen LogP contribution in [0.1, 0.15) is 41.9 Å². The number of hydrogen-bond acceptors (Lipinski definition) is 6. The van der Waals surface area contributed by atoms with Gasteiger partial charge in [0.05, 0.1) is 12.2 Å². The van der Waals surface area contributed by atoms with E-state index in [4.69, 9.17) is 4.74 Å². The molecule has 2 N–H and O–H groups in total. The summed E-state index contributed by atoms with van der Waals surface area (Å²) >= 11 is 1.59. The highest BCUT2D eigenvalue weighted by Gasteiger charge is 2.26. The molecule has 1 aliphatic rings. The lowest BCUT2D eigenvalue weighted by atomic mass is 10.1. The van der Waals surface area contributed by atoms with Crippen molar-refractivity contribution in [1.29, 1.82) is 0 Å². The summed E-state index contributed by atoms with van der Waals surface area (Å²) in [6, 6.07) is 6.02. The Morgan fingerprint density at radius 1 is 1.43 bits per heavy atom. The van der Waals surface area contributed by atoms with Gasteiger partial charge in [-0.15, -0.1) is 21.5 Å². The van der Waals surface area contributed by atoms with Crippen LogP contribution < -0.4 is 15.4 Å². The van der Waals surface area contributed by atoms with Crippen LogP contribution in [0, 0.1) is 6.92 Å². The Bertz CT molecular complexity index is 716. The zero-order valence-corrected chi connectivity index (χ0v) is 14.2. The maximum absolute atomic E-state index is 11.8. The molecule has 0 aliphatic carbocycles. The van der Waals surface area contributed by atoms with E-state index >= 15 is 0 Å². The van der Waals surface area contributed by atoms with E-state index in [9.17, 15) is 4.79 Å². The average molecular weight is 332 g/mol. The van der Waals surface area contributed by atoms with Crippen LogP contribution in [0.15, 0.2) is 18.2 Å². The van der Waals surface area contributed by atoms with Crippen molar-refractivity contribution >= 4 is 22.9 Å². The van der Waals surface area contributed by atoms with Crippen molar-refractivity contribution < 1.29 is 9.53 Å². The topological polar surface area (TPSA) is 76.1 Å². The second-order valence-corrected chi connectivity index (χ2v) is 6.84. The van der Waals surface area contributed by atoms with Crippen molar-refractivity contribution in [3.05, 3.63) is 33.8 Å². The van der Waals surface area contributed by atoms with Crippen LogP contribution >= 0.6 is 11.3 Å². The number of carbonyl (C=O) groups is 1. The number of amides is 1. The number of fused-ring (bicyclic) bond motifs is 1. The molecule has 2 aromatic rings. The molecule has 0 saturated heterocycles. The molecule has 1 aromatic heterocycles. The van der Waals surface area contributed by atoms with Crippen molar-refractivity contribution in [3.63, 3.8) is 0 Å². The molecule has 122 valence electrons. The summed E-state index contributed by atoms with van der Waals surface area (Å²) < 4.78 is 5.79. The van der Waals surface area contributed by atoms with Gasteiger partial charge in [0.1, 0.15) is 15.8 Å². The highest BCUT2D eigenvalue weighted by Crippen LogP contribution is 2.33. The fourth-order valence-corrected chi connectivity index (χ4v) is 3.12. The first-order chi connectivity index (χ1) is 11.1. The van der Waals surface area contributed by atoms with Crippen molar-refractivity contribution in [2.45, 2.75) is 45.9 Å².